The Hall–Kier alpha value is -4.29. The number of benzene rings is 2. The second kappa shape index (κ2) is 15.5. The monoisotopic (exact) mass is 750 g/mol. The number of carbonyl (C=O) groups excluding carboxylic acids is 1. The fraction of sp³-hybridized carbons (Fsp3) is 0.405. The predicted molar refractivity (Wildman–Crippen MR) is 205 cm³/mol. The molecule has 0 saturated carbocycles. The highest BCUT2D eigenvalue weighted by Gasteiger charge is 2.41. The van der Waals surface area contributed by atoms with E-state index in [1.807, 2.05) is 26.0 Å². The van der Waals surface area contributed by atoms with Gasteiger partial charge in [0, 0.05) is 13.1 Å². The van der Waals surface area contributed by atoms with Crippen molar-refractivity contribution >= 4 is 58.0 Å². The molecule has 2 heterocycles. The summed E-state index contributed by atoms with van der Waals surface area (Å²) in [6, 6.07) is 8.74. The average Bonchev–Trinajstić information content (AvgIpc) is 3.44. The molecular weight excluding hydrogens is 705 g/mol. The maximum absolute atomic E-state index is 13.3. The number of ether oxygens (including phenoxy) is 2. The number of aromatic nitrogens is 3. The van der Waals surface area contributed by atoms with Crippen molar-refractivity contribution in [3.8, 4) is 29.1 Å². The van der Waals surface area contributed by atoms with Crippen LogP contribution in [0.1, 0.15) is 71.2 Å². The van der Waals surface area contributed by atoms with Crippen LogP contribution in [-0.4, -0.2) is 57.0 Å². The van der Waals surface area contributed by atoms with Crippen LogP contribution in [0.5, 0.6) is 17.2 Å². The molecule has 51 heavy (non-hydrogen) atoms. The largest absolute Gasteiger partial charge is 0.540 e. The molecule has 4 aromatic rings. The quantitative estimate of drug-likeness (QED) is 0.0879. The first-order chi connectivity index (χ1) is 23.7. The third-order valence-electron chi connectivity index (χ3n) is 7.90. The molecule has 0 fully saturated rings. The van der Waals surface area contributed by atoms with Crippen LogP contribution in [0.25, 0.3) is 16.3 Å². The first kappa shape index (κ1) is 39.5. The molecule has 0 aliphatic heterocycles. The Morgan fingerprint density at radius 2 is 1.76 bits per heavy atom. The number of hydrogen-bond donors (Lipinski definition) is 0. The lowest BCUT2D eigenvalue weighted by Crippen LogP contribution is -2.44. The minimum Gasteiger partial charge on any atom is -0.540 e. The zero-order valence-electron chi connectivity index (χ0n) is 31.1. The molecule has 1 amide bonds. The van der Waals surface area contributed by atoms with E-state index >= 15 is 0 Å². The summed E-state index contributed by atoms with van der Waals surface area (Å²) in [6.07, 6.45) is 6.45. The van der Waals surface area contributed by atoms with Gasteiger partial charge in [-0.05, 0) is 94.1 Å². The number of carbonyl (C=O) groups is 1. The maximum atomic E-state index is 13.3. The Labute approximate surface area is 306 Å². The zero-order valence-corrected chi connectivity index (χ0v) is 33.7. The van der Waals surface area contributed by atoms with Gasteiger partial charge in [0.25, 0.3) is 8.32 Å². The van der Waals surface area contributed by atoms with Gasteiger partial charge in [-0.25, -0.2) is 19.7 Å². The molecule has 2 aromatic carbocycles. The SMILES string of the molecule is CCCOS(=O)(=O)c1ccc(C)c(Oc2ccc3nc(C=CC#Cc4cnc(N(C)C(=O)OC(C)(C)C)cn4)sc3c2)c1O[Si](C)(C)C(C)(C)C. The molecule has 0 unspecified atom stereocenters. The van der Waals surface area contributed by atoms with E-state index in [4.69, 9.17) is 18.1 Å². The third-order valence-corrected chi connectivity index (χ3v) is 14.6. The van der Waals surface area contributed by atoms with E-state index < -0.39 is 30.1 Å². The molecule has 11 nitrogen and oxygen atoms in total. The van der Waals surface area contributed by atoms with Crippen LogP contribution in [0.15, 0.2) is 53.7 Å². The molecule has 0 spiro atoms. The fourth-order valence-electron chi connectivity index (χ4n) is 4.12. The van der Waals surface area contributed by atoms with Crippen LogP contribution in [0.4, 0.5) is 10.6 Å². The second-order valence-electron chi connectivity index (χ2n) is 14.4. The summed E-state index contributed by atoms with van der Waals surface area (Å²) in [5, 5.41) is 0.532. The number of aryl methyl sites for hydroxylation is 1. The van der Waals surface area contributed by atoms with Gasteiger partial charge in [-0.2, -0.15) is 8.42 Å². The van der Waals surface area contributed by atoms with Crippen molar-refractivity contribution in [2.45, 2.75) is 90.4 Å². The molecule has 0 N–H and O–H groups in total. The van der Waals surface area contributed by atoms with Crippen LogP contribution in [0, 0.1) is 18.8 Å². The summed E-state index contributed by atoms with van der Waals surface area (Å²) in [5.41, 5.74) is 1.31. The number of rotatable bonds is 10. The smallest absolute Gasteiger partial charge is 0.415 e. The summed E-state index contributed by atoms with van der Waals surface area (Å²) < 4.78 is 51.3. The van der Waals surface area contributed by atoms with Crippen molar-refractivity contribution in [2.75, 3.05) is 18.6 Å². The highest BCUT2D eigenvalue weighted by atomic mass is 32.2. The number of hydrogen-bond acceptors (Lipinski definition) is 11. The number of anilines is 1. The minimum absolute atomic E-state index is 0.0520. The van der Waals surface area contributed by atoms with Crippen LogP contribution >= 0.6 is 11.3 Å². The van der Waals surface area contributed by atoms with E-state index in [0.29, 0.717) is 29.4 Å². The lowest BCUT2D eigenvalue weighted by Gasteiger charge is -2.37. The maximum Gasteiger partial charge on any atom is 0.415 e. The van der Waals surface area contributed by atoms with E-state index in [0.717, 1.165) is 20.8 Å². The summed E-state index contributed by atoms with van der Waals surface area (Å²) in [7, 11) is -5.05. The fourth-order valence-corrected chi connectivity index (χ4v) is 7.22. The first-order valence-corrected chi connectivity index (χ1v) is 21.6. The summed E-state index contributed by atoms with van der Waals surface area (Å²) >= 11 is 1.45. The van der Waals surface area contributed by atoms with E-state index in [9.17, 15) is 13.2 Å². The van der Waals surface area contributed by atoms with Crippen LogP contribution in [0.3, 0.4) is 0 Å². The Kier molecular flexibility index (Phi) is 12.0. The van der Waals surface area contributed by atoms with E-state index in [1.54, 1.807) is 52.1 Å². The van der Waals surface area contributed by atoms with E-state index in [-0.39, 0.29) is 22.3 Å². The average molecular weight is 751 g/mol. The van der Waals surface area contributed by atoms with E-state index in [2.05, 4.69) is 60.7 Å². The summed E-state index contributed by atoms with van der Waals surface area (Å²) in [6.45, 7) is 19.5. The van der Waals surface area contributed by atoms with Crippen LogP contribution in [-0.2, 0) is 19.0 Å². The zero-order chi connectivity index (χ0) is 37.8. The van der Waals surface area contributed by atoms with Crippen molar-refractivity contribution in [1.82, 2.24) is 15.0 Å². The van der Waals surface area contributed by atoms with Crippen molar-refractivity contribution in [3.05, 3.63) is 65.1 Å². The molecule has 2 aromatic heterocycles. The standard InChI is InChI=1S/C37H46N4O7S2Si/c1-12-21-45-50(43,44)30-20-17-25(2)33(34(30)48-51(10,11)37(6,7)8)46-27-18-19-28-29(22-27)49-32(40-28)16-14-13-15-26-23-39-31(24-38-26)41(9)35(42)47-36(3,4)5/h14,16-20,22-24H,12,21H2,1-11H3. The van der Waals surface area contributed by atoms with Crippen LogP contribution < -0.4 is 14.1 Å². The number of fused-ring (bicyclic) bond motifs is 1. The number of thiazole rings is 1. The third kappa shape index (κ3) is 10.2. The van der Waals surface area contributed by atoms with Gasteiger partial charge < -0.3 is 13.9 Å². The van der Waals surface area contributed by atoms with Gasteiger partial charge in [-0.15, -0.1) is 11.3 Å². The molecule has 0 saturated heterocycles. The summed E-state index contributed by atoms with van der Waals surface area (Å²) in [4.78, 5) is 26.8. The molecule has 0 aliphatic carbocycles. The van der Waals surface area contributed by atoms with Crippen LogP contribution in [0.2, 0.25) is 18.1 Å². The molecule has 14 heteroatoms. The lowest BCUT2D eigenvalue weighted by molar-refractivity contribution is 0.0588. The molecule has 0 radical (unpaired) electrons. The number of allylic oxidation sites excluding steroid dienone is 1. The normalized spacial score (nSPS) is 12.5. The van der Waals surface area contributed by atoms with Gasteiger partial charge in [0.1, 0.15) is 26.9 Å². The van der Waals surface area contributed by atoms with Gasteiger partial charge in [-0.1, -0.05) is 39.7 Å². The first-order valence-electron chi connectivity index (χ1n) is 16.5. The molecular formula is C37H46N4O7S2Si. The molecule has 0 atom stereocenters. The Morgan fingerprint density at radius 3 is 2.39 bits per heavy atom. The van der Waals surface area contributed by atoms with Crippen molar-refractivity contribution < 1.29 is 31.3 Å². The molecule has 272 valence electrons. The van der Waals surface area contributed by atoms with Gasteiger partial charge in [0.05, 0.1) is 29.2 Å². The molecule has 4 rings (SSSR count). The minimum atomic E-state index is -4.11. The Morgan fingerprint density at radius 1 is 1.04 bits per heavy atom. The lowest BCUT2D eigenvalue weighted by atomic mass is 10.2. The number of amides is 1. The predicted octanol–water partition coefficient (Wildman–Crippen LogP) is 9.12. The van der Waals surface area contributed by atoms with Crippen molar-refractivity contribution in [2.24, 2.45) is 0 Å². The Bertz CT molecular complexity index is 2090. The highest BCUT2D eigenvalue weighted by molar-refractivity contribution is 7.86. The van der Waals surface area contributed by atoms with E-state index in [1.165, 1.54) is 34.7 Å². The molecule has 0 bridgehead atoms. The van der Waals surface area contributed by atoms with Gasteiger partial charge >= 0.3 is 16.2 Å². The molecule has 0 aliphatic rings. The number of nitrogens with zero attached hydrogens (tertiary/aromatic N) is 4. The van der Waals surface area contributed by atoms with Crippen molar-refractivity contribution in [1.29, 1.82) is 0 Å². The van der Waals surface area contributed by atoms with Crippen molar-refractivity contribution in [3.63, 3.8) is 0 Å². The topological polar surface area (TPSA) is 130 Å². The van der Waals surface area contributed by atoms with Gasteiger partial charge in [0.15, 0.2) is 17.3 Å². The summed E-state index contributed by atoms with van der Waals surface area (Å²) in [5.74, 6) is 7.22. The second-order valence-corrected chi connectivity index (χ2v) is 21.7. The van der Waals surface area contributed by atoms with Gasteiger partial charge in [0.2, 0.25) is 0 Å². The Balaban J connectivity index is 1.56. The van der Waals surface area contributed by atoms with Gasteiger partial charge in [-0.3, -0.25) is 9.08 Å². The highest BCUT2D eigenvalue weighted by Crippen LogP contribution is 2.46.